The van der Waals surface area contributed by atoms with Gasteiger partial charge in [-0.15, -0.1) is 0 Å². The van der Waals surface area contributed by atoms with E-state index >= 15 is 0 Å². The molecule has 81 heavy (non-hydrogen) atoms. The Balaban J connectivity index is 1.79. The van der Waals surface area contributed by atoms with Crippen LogP contribution in [0.3, 0.4) is 0 Å². The van der Waals surface area contributed by atoms with Crippen LogP contribution in [0.1, 0.15) is 189 Å². The molecule has 0 aromatic heterocycles. The van der Waals surface area contributed by atoms with E-state index in [0.717, 1.165) is 19.3 Å². The van der Waals surface area contributed by atoms with Gasteiger partial charge in [0.15, 0.2) is 0 Å². The number of rotatable bonds is 19. The third-order valence-corrected chi connectivity index (χ3v) is 15.4. The van der Waals surface area contributed by atoms with E-state index in [9.17, 15) is 44.1 Å². The number of hydrogen-bond acceptors (Lipinski definition) is 18. The van der Waals surface area contributed by atoms with Crippen molar-refractivity contribution >= 4 is 35.9 Å². The molecular weight excluding hydrogens is 1040 g/mol. The standard InChI is InChI=1S/C61H106N4O16/c1-35-22-21-29-65(55(73)81-60(16,17)18)33-39(35)27-28-62-32-40-26-25-38(30-45(68)78-57(7,8)9)51(76-40)46-42(64-54(72)80-59(13,14)15)31-41(63-37(3)43(66)23-20-24-44(67)77-56(4,5)6)47(49(46)69)52-50(70)48(61(19,74)34-75-52)36(2)53(71)79-58(10,11)12/h26,35-39,41-42,46-52,62-63,69-70,74H,20-25,27-34H2,1-19H3,(H,64,72). The maximum absolute atomic E-state index is 14.1. The van der Waals surface area contributed by atoms with Crippen LogP contribution in [-0.4, -0.2) is 165 Å². The lowest BCUT2D eigenvalue weighted by molar-refractivity contribution is -0.248. The molecule has 3 aliphatic heterocycles. The number of carbonyl (C=O) groups excluding carboxylic acids is 6. The molecule has 1 aliphatic carbocycles. The Hall–Kier alpha value is -4.08. The first-order valence-electron chi connectivity index (χ1n) is 29.7. The van der Waals surface area contributed by atoms with E-state index in [1.807, 2.05) is 26.8 Å². The van der Waals surface area contributed by atoms with Gasteiger partial charge < -0.3 is 69.3 Å². The molecule has 6 N–H and O–H groups in total. The summed E-state index contributed by atoms with van der Waals surface area (Å²) < 4.78 is 42.2. The zero-order chi connectivity index (χ0) is 61.4. The largest absolute Gasteiger partial charge is 0.493 e. The monoisotopic (exact) mass is 1150 g/mol. The summed E-state index contributed by atoms with van der Waals surface area (Å²) in [7, 11) is 0. The van der Waals surface area contributed by atoms with Gasteiger partial charge in [-0.1, -0.05) is 13.8 Å². The highest BCUT2D eigenvalue weighted by molar-refractivity contribution is 5.84. The van der Waals surface area contributed by atoms with Gasteiger partial charge in [0.1, 0.15) is 45.7 Å². The lowest BCUT2D eigenvalue weighted by Crippen LogP contribution is -2.70. The third kappa shape index (κ3) is 22.1. The Labute approximate surface area is 483 Å². The van der Waals surface area contributed by atoms with Crippen LogP contribution < -0.4 is 16.0 Å². The highest BCUT2D eigenvalue weighted by Crippen LogP contribution is 2.47. The average Bonchev–Trinajstić information content (AvgIpc) is 3.46. The second-order valence-electron chi connectivity index (χ2n) is 28.8. The number of carbonyl (C=O) groups is 6. The van der Waals surface area contributed by atoms with E-state index in [4.69, 9.17) is 33.2 Å². The second-order valence-corrected chi connectivity index (χ2v) is 28.8. The van der Waals surface area contributed by atoms with Crippen molar-refractivity contribution in [3.63, 3.8) is 0 Å². The number of hydrogen-bond donors (Lipinski definition) is 6. The fourth-order valence-corrected chi connectivity index (χ4v) is 11.9. The number of ketones is 1. The van der Waals surface area contributed by atoms with Crippen molar-refractivity contribution in [1.29, 1.82) is 0 Å². The molecule has 15 unspecified atom stereocenters. The van der Waals surface area contributed by atoms with Gasteiger partial charge in [0.25, 0.3) is 0 Å². The van der Waals surface area contributed by atoms with E-state index < -0.39 is 130 Å². The predicted molar refractivity (Wildman–Crippen MR) is 305 cm³/mol. The van der Waals surface area contributed by atoms with E-state index in [-0.39, 0.29) is 63.1 Å². The Morgan fingerprint density at radius 3 is 1.93 bits per heavy atom. The van der Waals surface area contributed by atoms with E-state index in [1.165, 1.54) is 6.92 Å². The molecule has 2 amide bonds. The summed E-state index contributed by atoms with van der Waals surface area (Å²) in [5, 5.41) is 48.1. The minimum Gasteiger partial charge on any atom is -0.493 e. The Bertz CT molecular complexity index is 2150. The number of allylic oxidation sites excluding steroid dienone is 1. The van der Waals surface area contributed by atoms with Gasteiger partial charge in [-0.25, -0.2) is 9.59 Å². The maximum atomic E-state index is 14.1. The van der Waals surface area contributed by atoms with Gasteiger partial charge >= 0.3 is 30.1 Å². The molecule has 20 nitrogen and oxygen atoms in total. The SMILES string of the molecule is CC(NC1CC(NC(=O)OC(C)(C)C)C(C2OC(CNCCC3CN(C(=O)OC(C)(C)C)CCCC3C)=CCC2CC(=O)OC(C)(C)C)C(O)C1C1OCC(C)(O)C(C(C)C(=O)OC(C)(C)C)C1O)C(=O)CCCC(=O)OC(C)(C)C. The molecule has 2 saturated heterocycles. The first kappa shape index (κ1) is 69.4. The maximum Gasteiger partial charge on any atom is 0.410 e. The van der Waals surface area contributed by atoms with Crippen molar-refractivity contribution in [3.05, 3.63) is 11.8 Å². The topological polar surface area (TPSA) is 267 Å². The van der Waals surface area contributed by atoms with Crippen LogP contribution in [0, 0.1) is 41.4 Å². The van der Waals surface area contributed by atoms with Crippen LogP contribution in [0.25, 0.3) is 0 Å². The van der Waals surface area contributed by atoms with Crippen LogP contribution in [-0.2, 0) is 52.3 Å². The van der Waals surface area contributed by atoms with Crippen molar-refractivity contribution in [2.24, 2.45) is 41.4 Å². The van der Waals surface area contributed by atoms with Gasteiger partial charge in [0.05, 0.1) is 55.4 Å². The molecule has 4 aliphatic rings. The highest BCUT2D eigenvalue weighted by Gasteiger charge is 2.60. The normalized spacial score (nSPS) is 30.5. The number of aliphatic hydroxyl groups excluding tert-OH is 2. The minimum absolute atomic E-state index is 0.00603. The number of Topliss-reactive ketones (excluding diaryl/α,β-unsaturated/α-hetero) is 1. The first-order chi connectivity index (χ1) is 37.0. The molecule has 3 heterocycles. The summed E-state index contributed by atoms with van der Waals surface area (Å²) in [5.74, 6) is -5.80. The summed E-state index contributed by atoms with van der Waals surface area (Å²) in [6.07, 6.45) is -1.62. The highest BCUT2D eigenvalue weighted by atomic mass is 16.6. The van der Waals surface area contributed by atoms with Gasteiger partial charge in [0.2, 0.25) is 0 Å². The van der Waals surface area contributed by atoms with Crippen LogP contribution in [0.4, 0.5) is 9.59 Å². The van der Waals surface area contributed by atoms with Gasteiger partial charge in [-0.3, -0.25) is 19.2 Å². The van der Waals surface area contributed by atoms with Gasteiger partial charge in [-0.2, -0.15) is 0 Å². The number of ether oxygens (including phenoxy) is 7. The van der Waals surface area contributed by atoms with Gasteiger partial charge in [0, 0.05) is 61.7 Å². The molecule has 0 bridgehead atoms. The predicted octanol–water partition coefficient (Wildman–Crippen LogP) is 7.69. The summed E-state index contributed by atoms with van der Waals surface area (Å²) in [6, 6.07) is -2.78. The molecular formula is C61H106N4O16. The fraction of sp³-hybridized carbons (Fsp3) is 0.869. The molecule has 4 rings (SSSR count). The van der Waals surface area contributed by atoms with Crippen molar-refractivity contribution < 1.29 is 77.2 Å². The molecule has 20 heteroatoms. The Kier molecular flexibility index (Phi) is 24.2. The molecule has 0 aromatic rings. The number of aliphatic hydroxyl groups is 3. The van der Waals surface area contributed by atoms with Crippen molar-refractivity contribution in [2.75, 3.05) is 32.8 Å². The summed E-state index contributed by atoms with van der Waals surface area (Å²) in [6.45, 7) is 35.1. The summed E-state index contributed by atoms with van der Waals surface area (Å²) in [4.78, 5) is 83.4. The fourth-order valence-electron chi connectivity index (χ4n) is 11.9. The lowest BCUT2D eigenvalue weighted by Gasteiger charge is -2.55. The zero-order valence-corrected chi connectivity index (χ0v) is 52.7. The Morgan fingerprint density at radius 1 is 0.753 bits per heavy atom. The minimum atomic E-state index is -1.75. The number of nitrogens with zero attached hydrogens (tertiary/aromatic N) is 1. The van der Waals surface area contributed by atoms with Gasteiger partial charge in [-0.05, 0) is 181 Å². The second kappa shape index (κ2) is 28.2. The zero-order valence-electron chi connectivity index (χ0n) is 52.7. The average molecular weight is 1150 g/mol. The van der Waals surface area contributed by atoms with Crippen LogP contribution in [0.5, 0.6) is 0 Å². The Morgan fingerprint density at radius 2 is 1.33 bits per heavy atom. The molecule has 3 fully saturated rings. The number of alkyl carbamates (subject to hydrolysis) is 1. The molecule has 1 saturated carbocycles. The summed E-state index contributed by atoms with van der Waals surface area (Å²) in [5.41, 5.74) is -5.73. The molecule has 0 radical (unpaired) electrons. The van der Waals surface area contributed by atoms with Crippen molar-refractivity contribution in [2.45, 2.75) is 265 Å². The molecule has 0 aromatic carbocycles. The van der Waals surface area contributed by atoms with Crippen molar-refractivity contribution in [1.82, 2.24) is 20.9 Å². The number of esters is 3. The smallest absolute Gasteiger partial charge is 0.410 e. The molecule has 15 atom stereocenters. The molecule has 466 valence electrons. The molecule has 0 spiro atoms. The summed E-state index contributed by atoms with van der Waals surface area (Å²) >= 11 is 0. The van der Waals surface area contributed by atoms with E-state index in [0.29, 0.717) is 37.7 Å². The van der Waals surface area contributed by atoms with E-state index in [2.05, 4.69) is 22.9 Å². The van der Waals surface area contributed by atoms with E-state index in [1.54, 1.807) is 102 Å². The first-order valence-corrected chi connectivity index (χ1v) is 29.7. The van der Waals surface area contributed by atoms with Crippen molar-refractivity contribution in [3.8, 4) is 0 Å². The lowest BCUT2D eigenvalue weighted by atomic mass is 9.62. The number of amides is 2. The third-order valence-electron chi connectivity index (χ3n) is 15.4. The van der Waals surface area contributed by atoms with Crippen LogP contribution >= 0.6 is 0 Å². The quantitative estimate of drug-likeness (QED) is 0.0411. The van der Waals surface area contributed by atoms with Crippen LogP contribution in [0.15, 0.2) is 11.8 Å². The van der Waals surface area contributed by atoms with Crippen LogP contribution in [0.2, 0.25) is 0 Å². The number of likely N-dealkylation sites (tertiary alicyclic amines) is 1. The number of nitrogens with one attached hydrogen (secondary N) is 3.